The highest BCUT2D eigenvalue weighted by molar-refractivity contribution is 6.09. The van der Waals surface area contributed by atoms with Gasteiger partial charge in [0.05, 0.1) is 11.0 Å². The molecular weight excluding hydrogens is 593 g/mol. The van der Waals surface area contributed by atoms with E-state index in [0.29, 0.717) is 0 Å². The van der Waals surface area contributed by atoms with Crippen LogP contribution in [0.2, 0.25) is 0 Å². The fraction of sp³-hybridized carbons (Fsp3) is 0.0426. The molecule has 0 radical (unpaired) electrons. The van der Waals surface area contributed by atoms with E-state index in [-0.39, 0.29) is 0 Å². The van der Waals surface area contributed by atoms with Crippen LogP contribution in [0.5, 0.6) is 0 Å². The summed E-state index contributed by atoms with van der Waals surface area (Å²) in [4.78, 5) is 2.41. The first-order chi connectivity index (χ1) is 24.3. The lowest BCUT2D eigenvalue weighted by Gasteiger charge is -2.30. The van der Waals surface area contributed by atoms with Gasteiger partial charge < -0.3 is 9.47 Å². The zero-order chi connectivity index (χ0) is 32.6. The van der Waals surface area contributed by atoms with E-state index in [1.54, 1.807) is 0 Å². The first kappa shape index (κ1) is 28.8. The quantitative estimate of drug-likeness (QED) is 0.160. The van der Waals surface area contributed by atoms with Gasteiger partial charge in [-0.25, -0.2) is 0 Å². The van der Waals surface area contributed by atoms with Crippen LogP contribution in [0.25, 0.3) is 49.8 Å². The van der Waals surface area contributed by atoms with Gasteiger partial charge in [0.25, 0.3) is 0 Å². The van der Waals surface area contributed by atoms with Gasteiger partial charge in [0.1, 0.15) is 0 Å². The van der Waals surface area contributed by atoms with E-state index in [0.717, 1.165) is 29.8 Å². The van der Waals surface area contributed by atoms with Crippen molar-refractivity contribution in [2.75, 3.05) is 4.90 Å². The molecule has 0 unspecified atom stereocenters. The minimum Gasteiger partial charge on any atom is -0.314 e. The van der Waals surface area contributed by atoms with Crippen molar-refractivity contribution in [1.29, 1.82) is 0 Å². The van der Waals surface area contributed by atoms with Crippen molar-refractivity contribution in [3.8, 4) is 16.8 Å². The molecule has 232 valence electrons. The normalized spacial score (nSPS) is 13.8. The first-order valence-corrected chi connectivity index (χ1v) is 17.0. The van der Waals surface area contributed by atoms with Crippen LogP contribution in [0.3, 0.4) is 0 Å². The molecular formula is C47H34N2. The second-order valence-electron chi connectivity index (χ2n) is 12.6. The van der Waals surface area contributed by atoms with E-state index in [2.05, 4.69) is 185 Å². The van der Waals surface area contributed by atoms with Crippen molar-refractivity contribution in [1.82, 2.24) is 4.57 Å². The number of para-hydroxylation sites is 2. The van der Waals surface area contributed by atoms with E-state index in [9.17, 15) is 0 Å². The Bertz CT molecular complexity index is 2430. The number of rotatable bonds is 7. The number of benzene rings is 6. The van der Waals surface area contributed by atoms with Gasteiger partial charge in [-0.15, -0.1) is 5.73 Å². The predicted molar refractivity (Wildman–Crippen MR) is 207 cm³/mol. The van der Waals surface area contributed by atoms with E-state index in [1.807, 2.05) is 12.2 Å². The molecule has 0 atom stereocenters. The molecule has 2 aliphatic rings. The number of nitrogens with zero attached hydrogens (tertiary/aromatic N) is 2. The van der Waals surface area contributed by atoms with Crippen molar-refractivity contribution in [2.45, 2.75) is 12.8 Å². The monoisotopic (exact) mass is 626 g/mol. The van der Waals surface area contributed by atoms with E-state index < -0.39 is 0 Å². The Kier molecular flexibility index (Phi) is 7.27. The molecule has 6 aromatic carbocycles. The number of hydrogen-bond donors (Lipinski definition) is 0. The molecule has 2 heteroatoms. The van der Waals surface area contributed by atoms with Crippen LogP contribution in [0.1, 0.15) is 24.0 Å². The molecule has 0 spiro atoms. The maximum atomic E-state index is 3.33. The molecule has 0 bridgehead atoms. The van der Waals surface area contributed by atoms with Gasteiger partial charge in [-0.3, -0.25) is 0 Å². The number of hydrogen-bond acceptors (Lipinski definition) is 1. The zero-order valence-corrected chi connectivity index (χ0v) is 27.1. The van der Waals surface area contributed by atoms with Gasteiger partial charge in [0, 0.05) is 39.1 Å². The van der Waals surface area contributed by atoms with Gasteiger partial charge in [-0.05, 0) is 107 Å². The van der Waals surface area contributed by atoms with Gasteiger partial charge in [-0.2, -0.15) is 0 Å². The van der Waals surface area contributed by atoms with Gasteiger partial charge >= 0.3 is 0 Å². The second-order valence-corrected chi connectivity index (χ2v) is 12.6. The topological polar surface area (TPSA) is 8.17 Å². The Morgan fingerprint density at radius 3 is 1.63 bits per heavy atom. The minimum atomic E-state index is 0.963. The number of fused-ring (bicyclic) bond motifs is 3. The molecule has 0 N–H and O–H groups in total. The summed E-state index contributed by atoms with van der Waals surface area (Å²) in [6, 6.07) is 54.9. The lowest BCUT2D eigenvalue weighted by Crippen LogP contribution is -2.17. The number of anilines is 2. The van der Waals surface area contributed by atoms with Crippen LogP contribution < -0.4 is 4.90 Å². The largest absolute Gasteiger partial charge is 0.314 e. The van der Waals surface area contributed by atoms with Gasteiger partial charge in [-0.1, -0.05) is 115 Å². The third-order valence-corrected chi connectivity index (χ3v) is 9.76. The SMILES string of the molecule is C1=CC=CC=1c1ccc(N(C2=CC=C(c3ccccc3)CC2)c2ccc(-c3ccc(-n4c5ccccc5c5ccccc54)cc3)cc2)cc1. The smallest absolute Gasteiger partial charge is 0.0541 e. The molecule has 49 heavy (non-hydrogen) atoms. The molecule has 1 heterocycles. The van der Waals surface area contributed by atoms with E-state index >= 15 is 0 Å². The Hall–Kier alpha value is -6.34. The molecule has 7 aromatic rings. The molecule has 1 aromatic heterocycles. The van der Waals surface area contributed by atoms with Gasteiger partial charge in [0.15, 0.2) is 0 Å². The molecule has 9 rings (SSSR count). The highest BCUT2D eigenvalue weighted by Crippen LogP contribution is 2.38. The predicted octanol–water partition coefficient (Wildman–Crippen LogP) is 12.5. The summed E-state index contributed by atoms with van der Waals surface area (Å²) in [7, 11) is 0. The standard InChI is InChI=1S/C47H34N2/c1-2-10-34(11-3-1)36-18-26-40(27-19-36)48(41-28-20-37(21-29-41)35-12-4-5-13-35)42-30-22-38(23-31-42)39-24-32-43(33-25-39)49-46-16-8-6-14-44(46)45-15-7-9-17-47(45)49/h1-12,14-18,20-26,28-33H,19,27H2. The van der Waals surface area contributed by atoms with Crippen molar-refractivity contribution in [3.05, 3.63) is 205 Å². The second kappa shape index (κ2) is 12.4. The summed E-state index contributed by atoms with van der Waals surface area (Å²) in [6.07, 6.45) is 12.7. The van der Waals surface area contributed by atoms with Gasteiger partial charge in [0.2, 0.25) is 0 Å². The highest BCUT2D eigenvalue weighted by Gasteiger charge is 2.19. The van der Waals surface area contributed by atoms with Crippen molar-refractivity contribution in [2.24, 2.45) is 0 Å². The molecule has 2 nitrogen and oxygen atoms in total. The van der Waals surface area contributed by atoms with Crippen LogP contribution in [-0.4, -0.2) is 4.57 Å². The number of allylic oxidation sites excluding steroid dienone is 7. The van der Waals surface area contributed by atoms with Crippen LogP contribution >= 0.6 is 0 Å². The summed E-state index contributed by atoms with van der Waals surface area (Å²) < 4.78 is 2.37. The molecule has 0 aliphatic heterocycles. The zero-order valence-electron chi connectivity index (χ0n) is 27.1. The fourth-order valence-corrected chi connectivity index (χ4v) is 7.29. The average Bonchev–Trinajstić information content (AvgIpc) is 3.84. The van der Waals surface area contributed by atoms with Crippen LogP contribution in [-0.2, 0) is 0 Å². The first-order valence-electron chi connectivity index (χ1n) is 17.0. The Labute approximate surface area is 287 Å². The summed E-state index contributed by atoms with van der Waals surface area (Å²) >= 11 is 0. The third kappa shape index (κ3) is 5.35. The average molecular weight is 627 g/mol. The maximum Gasteiger partial charge on any atom is 0.0541 e. The van der Waals surface area contributed by atoms with Crippen molar-refractivity contribution in [3.63, 3.8) is 0 Å². The van der Waals surface area contributed by atoms with Crippen molar-refractivity contribution < 1.29 is 0 Å². The Balaban J connectivity index is 1.05. The lowest BCUT2D eigenvalue weighted by atomic mass is 9.95. The maximum absolute atomic E-state index is 3.33. The fourth-order valence-electron chi connectivity index (χ4n) is 7.29. The van der Waals surface area contributed by atoms with Crippen LogP contribution in [0.4, 0.5) is 11.4 Å². The lowest BCUT2D eigenvalue weighted by molar-refractivity contribution is 0.930. The Morgan fingerprint density at radius 1 is 0.490 bits per heavy atom. The molecule has 0 amide bonds. The van der Waals surface area contributed by atoms with E-state index in [1.165, 1.54) is 61.0 Å². The molecule has 0 fully saturated rings. The van der Waals surface area contributed by atoms with Crippen LogP contribution in [0.15, 0.2) is 193 Å². The summed E-state index contributed by atoms with van der Waals surface area (Å²) in [5.41, 5.74) is 17.9. The highest BCUT2D eigenvalue weighted by atomic mass is 15.1. The minimum absolute atomic E-state index is 0.963. The van der Waals surface area contributed by atoms with E-state index in [4.69, 9.17) is 0 Å². The van der Waals surface area contributed by atoms with Crippen LogP contribution in [0, 0.1) is 0 Å². The molecule has 0 saturated carbocycles. The molecule has 0 saturated heterocycles. The third-order valence-electron chi connectivity index (χ3n) is 9.76. The summed E-state index contributed by atoms with van der Waals surface area (Å²) in [6.45, 7) is 0. The van der Waals surface area contributed by atoms with Crippen molar-refractivity contribution >= 4 is 44.3 Å². The molecule has 2 aliphatic carbocycles. The number of aromatic nitrogens is 1. The summed E-state index contributed by atoms with van der Waals surface area (Å²) in [5, 5.41) is 2.56. The summed E-state index contributed by atoms with van der Waals surface area (Å²) in [5.74, 6) is 0. The Morgan fingerprint density at radius 2 is 1.06 bits per heavy atom.